The van der Waals surface area contributed by atoms with Gasteiger partial charge in [-0.3, -0.25) is 4.90 Å². The Kier molecular flexibility index (Phi) is 5.14. The van der Waals surface area contributed by atoms with Crippen LogP contribution in [0.5, 0.6) is 5.75 Å². The fourth-order valence-electron chi connectivity index (χ4n) is 3.42. The monoisotopic (exact) mass is 345 g/mol. The van der Waals surface area contributed by atoms with E-state index < -0.39 is 5.60 Å². The summed E-state index contributed by atoms with van der Waals surface area (Å²) in [5.41, 5.74) is 1.70. The zero-order valence-corrected chi connectivity index (χ0v) is 14.7. The summed E-state index contributed by atoms with van der Waals surface area (Å²) in [7, 11) is 0. The van der Waals surface area contributed by atoms with Crippen LogP contribution in [0, 0.1) is 5.92 Å². The van der Waals surface area contributed by atoms with Gasteiger partial charge < -0.3 is 10.2 Å². The van der Waals surface area contributed by atoms with Gasteiger partial charge in [-0.15, -0.1) is 0 Å². The molecule has 1 saturated heterocycles. The molecular weight excluding hydrogens is 322 g/mol. The molecule has 0 radical (unpaired) electrons. The Balaban J connectivity index is 1.69. The molecule has 2 aromatic rings. The summed E-state index contributed by atoms with van der Waals surface area (Å²) in [6.45, 7) is 4.44. The SMILES string of the molecule is C[C@@]1(O)CCN(Cc2ccc(O)c(Cl)c2)C[C@@H]1Cc1ccccc1. The molecule has 3 rings (SSSR count). The summed E-state index contributed by atoms with van der Waals surface area (Å²) in [4.78, 5) is 2.36. The molecule has 1 aliphatic rings. The molecule has 128 valence electrons. The first-order chi connectivity index (χ1) is 11.4. The molecule has 1 heterocycles. The average molecular weight is 346 g/mol. The van der Waals surface area contributed by atoms with Crippen LogP contribution in [0.15, 0.2) is 48.5 Å². The maximum atomic E-state index is 10.8. The maximum absolute atomic E-state index is 10.8. The number of aromatic hydroxyl groups is 1. The van der Waals surface area contributed by atoms with Crippen LogP contribution < -0.4 is 0 Å². The van der Waals surface area contributed by atoms with Gasteiger partial charge in [0.05, 0.1) is 10.6 Å². The Morgan fingerprint density at radius 3 is 2.62 bits per heavy atom. The van der Waals surface area contributed by atoms with Crippen LogP contribution in [-0.4, -0.2) is 33.8 Å². The van der Waals surface area contributed by atoms with Crippen molar-refractivity contribution in [3.8, 4) is 5.75 Å². The molecule has 2 atom stereocenters. The molecule has 3 nitrogen and oxygen atoms in total. The Morgan fingerprint density at radius 2 is 1.92 bits per heavy atom. The molecule has 4 heteroatoms. The van der Waals surface area contributed by atoms with Gasteiger partial charge in [-0.25, -0.2) is 0 Å². The summed E-state index contributed by atoms with van der Waals surface area (Å²) >= 11 is 6.00. The predicted molar refractivity (Wildman–Crippen MR) is 97.3 cm³/mol. The average Bonchev–Trinajstić information content (AvgIpc) is 2.55. The van der Waals surface area contributed by atoms with E-state index in [9.17, 15) is 10.2 Å². The normalized spacial score (nSPS) is 24.9. The first-order valence-corrected chi connectivity index (χ1v) is 8.78. The molecule has 0 spiro atoms. The minimum atomic E-state index is -0.640. The molecule has 2 aromatic carbocycles. The smallest absolute Gasteiger partial charge is 0.134 e. The number of aliphatic hydroxyl groups is 1. The van der Waals surface area contributed by atoms with E-state index >= 15 is 0 Å². The standard InChI is InChI=1S/C20H24ClNO2/c1-20(24)9-10-22(13-16-7-8-19(23)18(21)12-16)14-17(20)11-15-5-3-2-4-6-15/h2-8,12,17,23-24H,9-11,13-14H2,1H3/t17-,20+/m0/s1. The second-order valence-electron chi connectivity index (χ2n) is 7.01. The van der Waals surface area contributed by atoms with Crippen LogP contribution in [0.2, 0.25) is 5.02 Å². The topological polar surface area (TPSA) is 43.7 Å². The van der Waals surface area contributed by atoms with Crippen molar-refractivity contribution >= 4 is 11.6 Å². The van der Waals surface area contributed by atoms with Gasteiger partial charge >= 0.3 is 0 Å². The number of hydrogen-bond acceptors (Lipinski definition) is 3. The summed E-state index contributed by atoms with van der Waals surface area (Å²) in [5, 5.41) is 20.7. The highest BCUT2D eigenvalue weighted by Gasteiger charge is 2.37. The zero-order valence-electron chi connectivity index (χ0n) is 14.0. The first-order valence-electron chi connectivity index (χ1n) is 8.40. The highest BCUT2D eigenvalue weighted by molar-refractivity contribution is 6.32. The minimum absolute atomic E-state index is 0.115. The number of hydrogen-bond donors (Lipinski definition) is 2. The van der Waals surface area contributed by atoms with E-state index in [1.54, 1.807) is 6.07 Å². The largest absolute Gasteiger partial charge is 0.506 e. The van der Waals surface area contributed by atoms with Crippen LogP contribution >= 0.6 is 11.6 Å². The summed E-state index contributed by atoms with van der Waals surface area (Å²) in [6, 6.07) is 15.7. The molecular formula is C20H24ClNO2. The van der Waals surface area contributed by atoms with Crippen molar-refractivity contribution in [2.24, 2.45) is 5.92 Å². The number of benzene rings is 2. The van der Waals surface area contributed by atoms with Crippen molar-refractivity contribution < 1.29 is 10.2 Å². The second kappa shape index (κ2) is 7.14. The zero-order chi connectivity index (χ0) is 17.2. The van der Waals surface area contributed by atoms with Crippen molar-refractivity contribution in [2.45, 2.75) is 31.9 Å². The molecule has 2 N–H and O–H groups in total. The first kappa shape index (κ1) is 17.3. The second-order valence-corrected chi connectivity index (χ2v) is 7.42. The highest BCUT2D eigenvalue weighted by atomic mass is 35.5. The quantitative estimate of drug-likeness (QED) is 0.884. The highest BCUT2D eigenvalue weighted by Crippen LogP contribution is 2.32. The third kappa shape index (κ3) is 4.10. The van der Waals surface area contributed by atoms with Crippen LogP contribution in [0.1, 0.15) is 24.5 Å². The molecule has 1 fully saturated rings. The Bertz CT molecular complexity index is 687. The predicted octanol–water partition coefficient (Wildman–Crippen LogP) is 3.86. The number of nitrogens with zero attached hydrogens (tertiary/aromatic N) is 1. The fraction of sp³-hybridized carbons (Fsp3) is 0.400. The maximum Gasteiger partial charge on any atom is 0.134 e. The van der Waals surface area contributed by atoms with Crippen LogP contribution in [0.4, 0.5) is 0 Å². The van der Waals surface area contributed by atoms with Crippen molar-refractivity contribution in [1.29, 1.82) is 0 Å². The van der Waals surface area contributed by atoms with E-state index in [-0.39, 0.29) is 11.7 Å². The molecule has 0 aliphatic carbocycles. The number of phenolic OH excluding ortho intramolecular Hbond substituents is 1. The van der Waals surface area contributed by atoms with Gasteiger partial charge in [0, 0.05) is 25.6 Å². The van der Waals surface area contributed by atoms with E-state index in [1.807, 2.05) is 37.3 Å². The minimum Gasteiger partial charge on any atom is -0.506 e. The van der Waals surface area contributed by atoms with Crippen LogP contribution in [0.25, 0.3) is 0 Å². The Morgan fingerprint density at radius 1 is 1.17 bits per heavy atom. The number of rotatable bonds is 4. The van der Waals surface area contributed by atoms with Gasteiger partial charge in [0.2, 0.25) is 0 Å². The molecule has 0 unspecified atom stereocenters. The summed E-state index contributed by atoms with van der Waals surface area (Å²) in [6.07, 6.45) is 1.64. The summed E-state index contributed by atoms with van der Waals surface area (Å²) in [5.74, 6) is 0.310. The van der Waals surface area contributed by atoms with Crippen LogP contribution in [-0.2, 0) is 13.0 Å². The third-order valence-electron chi connectivity index (χ3n) is 5.04. The van der Waals surface area contributed by atoms with Crippen molar-refractivity contribution in [3.63, 3.8) is 0 Å². The van der Waals surface area contributed by atoms with Crippen molar-refractivity contribution in [3.05, 3.63) is 64.7 Å². The number of likely N-dealkylation sites (tertiary alicyclic amines) is 1. The fourth-order valence-corrected chi connectivity index (χ4v) is 3.62. The van der Waals surface area contributed by atoms with Crippen LogP contribution in [0.3, 0.4) is 0 Å². The lowest BCUT2D eigenvalue weighted by atomic mass is 9.78. The van der Waals surface area contributed by atoms with Gasteiger partial charge in [0.1, 0.15) is 5.75 Å². The number of piperidine rings is 1. The number of phenols is 1. The molecule has 24 heavy (non-hydrogen) atoms. The van der Waals surface area contributed by atoms with E-state index in [0.717, 1.165) is 38.0 Å². The van der Waals surface area contributed by atoms with Gasteiger partial charge in [0.15, 0.2) is 0 Å². The Labute approximate surface area is 148 Å². The Hall–Kier alpha value is -1.55. The van der Waals surface area contributed by atoms with Gasteiger partial charge in [-0.2, -0.15) is 0 Å². The lowest BCUT2D eigenvalue weighted by Gasteiger charge is -2.43. The van der Waals surface area contributed by atoms with E-state index in [0.29, 0.717) is 5.02 Å². The molecule has 0 amide bonds. The van der Waals surface area contributed by atoms with Crippen molar-refractivity contribution in [1.82, 2.24) is 4.90 Å². The van der Waals surface area contributed by atoms with E-state index in [1.165, 1.54) is 5.56 Å². The molecule has 1 aliphatic heterocycles. The molecule has 0 aromatic heterocycles. The molecule has 0 bridgehead atoms. The van der Waals surface area contributed by atoms with Gasteiger partial charge in [-0.05, 0) is 43.0 Å². The lowest BCUT2D eigenvalue weighted by Crippen LogP contribution is -2.50. The lowest BCUT2D eigenvalue weighted by molar-refractivity contribution is -0.0593. The summed E-state index contributed by atoms with van der Waals surface area (Å²) < 4.78 is 0. The molecule has 0 saturated carbocycles. The van der Waals surface area contributed by atoms with E-state index in [4.69, 9.17) is 11.6 Å². The van der Waals surface area contributed by atoms with Crippen molar-refractivity contribution in [2.75, 3.05) is 13.1 Å². The van der Waals surface area contributed by atoms with E-state index in [2.05, 4.69) is 17.0 Å². The number of halogens is 1. The third-order valence-corrected chi connectivity index (χ3v) is 5.34. The van der Waals surface area contributed by atoms with Gasteiger partial charge in [-0.1, -0.05) is 48.0 Å². The van der Waals surface area contributed by atoms with Gasteiger partial charge in [0.25, 0.3) is 0 Å².